The van der Waals surface area contributed by atoms with Crippen LogP contribution in [-0.2, 0) is 15.4 Å². The van der Waals surface area contributed by atoms with Crippen molar-refractivity contribution in [1.82, 2.24) is 15.0 Å². The molecule has 1 aromatic carbocycles. The number of rotatable bonds is 2. The molecule has 1 fully saturated rings. The van der Waals surface area contributed by atoms with Gasteiger partial charge in [-0.2, -0.15) is 0 Å². The Balaban J connectivity index is 2.20. The minimum atomic E-state index is -3.08. The summed E-state index contributed by atoms with van der Waals surface area (Å²) < 4.78 is 24.9. The third-order valence-electron chi connectivity index (χ3n) is 3.70. The molecule has 2 aromatic rings. The first-order chi connectivity index (χ1) is 9.32. The largest absolute Gasteiger partial charge is 0.478 e. The number of carboxylic acid groups (broad SMARTS) is 1. The Bertz CT molecular complexity index is 811. The molecule has 1 aliphatic heterocycles. The summed E-state index contributed by atoms with van der Waals surface area (Å²) in [6.45, 7) is 1.80. The van der Waals surface area contributed by atoms with Gasteiger partial charge in [0.15, 0.2) is 9.84 Å². The quantitative estimate of drug-likeness (QED) is 0.873. The molecule has 20 heavy (non-hydrogen) atoms. The lowest BCUT2D eigenvalue weighted by molar-refractivity contribution is 0.0699. The van der Waals surface area contributed by atoms with Gasteiger partial charge in [0, 0.05) is 0 Å². The van der Waals surface area contributed by atoms with Crippen molar-refractivity contribution >= 4 is 26.8 Å². The van der Waals surface area contributed by atoms with Crippen LogP contribution in [0, 0.1) is 0 Å². The van der Waals surface area contributed by atoms with E-state index in [-0.39, 0.29) is 22.6 Å². The summed E-state index contributed by atoms with van der Waals surface area (Å²) in [6.07, 6.45) is 0.449. The van der Waals surface area contributed by atoms with E-state index in [4.69, 9.17) is 5.11 Å². The molecule has 0 saturated carbocycles. The van der Waals surface area contributed by atoms with Crippen molar-refractivity contribution in [3.63, 3.8) is 0 Å². The van der Waals surface area contributed by atoms with Crippen LogP contribution in [0.25, 0.3) is 11.0 Å². The highest BCUT2D eigenvalue weighted by Crippen LogP contribution is 2.32. The molecule has 0 bridgehead atoms. The second kappa shape index (κ2) is 4.02. The van der Waals surface area contributed by atoms with Gasteiger partial charge in [0.1, 0.15) is 5.52 Å². The van der Waals surface area contributed by atoms with Gasteiger partial charge in [-0.25, -0.2) is 17.9 Å². The summed E-state index contributed by atoms with van der Waals surface area (Å²) >= 11 is 0. The van der Waals surface area contributed by atoms with Crippen molar-refractivity contribution in [2.75, 3.05) is 11.5 Å². The van der Waals surface area contributed by atoms with Crippen molar-refractivity contribution in [3.05, 3.63) is 23.8 Å². The first kappa shape index (κ1) is 13.0. The van der Waals surface area contributed by atoms with Crippen molar-refractivity contribution in [3.8, 4) is 0 Å². The number of benzene rings is 1. The minimum absolute atomic E-state index is 0.00421. The van der Waals surface area contributed by atoms with Crippen LogP contribution in [0.4, 0.5) is 0 Å². The predicted molar refractivity (Wildman–Crippen MR) is 71.4 cm³/mol. The fourth-order valence-corrected chi connectivity index (χ4v) is 4.79. The van der Waals surface area contributed by atoms with Crippen molar-refractivity contribution in [2.24, 2.45) is 0 Å². The van der Waals surface area contributed by atoms with E-state index in [1.54, 1.807) is 23.7 Å². The average molecular weight is 295 g/mol. The number of aromatic nitrogens is 3. The Morgan fingerprint density at radius 3 is 2.80 bits per heavy atom. The highest BCUT2D eigenvalue weighted by Gasteiger charge is 2.41. The van der Waals surface area contributed by atoms with Crippen LogP contribution >= 0.6 is 0 Å². The maximum atomic E-state index is 11.7. The second-order valence-corrected chi connectivity index (χ2v) is 7.50. The van der Waals surface area contributed by atoms with Gasteiger partial charge < -0.3 is 5.11 Å². The predicted octanol–water partition coefficient (Wildman–Crippen LogP) is 0.663. The molecule has 0 amide bonds. The maximum Gasteiger partial charge on any atom is 0.338 e. The number of fused-ring (bicyclic) bond motifs is 1. The van der Waals surface area contributed by atoms with Gasteiger partial charge in [0.05, 0.1) is 28.1 Å². The molecule has 1 aromatic heterocycles. The highest BCUT2D eigenvalue weighted by molar-refractivity contribution is 7.91. The van der Waals surface area contributed by atoms with Crippen LogP contribution in [0.5, 0.6) is 0 Å². The van der Waals surface area contributed by atoms with Gasteiger partial charge in [-0.05, 0) is 25.5 Å². The van der Waals surface area contributed by atoms with Gasteiger partial charge in [0.25, 0.3) is 0 Å². The molecule has 0 radical (unpaired) electrons. The molecule has 1 N–H and O–H groups in total. The highest BCUT2D eigenvalue weighted by atomic mass is 32.2. The number of aromatic carboxylic acids is 1. The Hall–Kier alpha value is -1.96. The molecule has 106 valence electrons. The average Bonchev–Trinajstić information content (AvgIpc) is 2.90. The van der Waals surface area contributed by atoms with E-state index in [9.17, 15) is 13.2 Å². The van der Waals surface area contributed by atoms with Crippen LogP contribution in [0.3, 0.4) is 0 Å². The van der Waals surface area contributed by atoms with Gasteiger partial charge in [-0.1, -0.05) is 11.3 Å². The van der Waals surface area contributed by atoms with E-state index in [1.807, 2.05) is 0 Å². The van der Waals surface area contributed by atoms with Gasteiger partial charge in [-0.15, -0.1) is 5.10 Å². The molecule has 1 aliphatic rings. The molecule has 3 rings (SSSR count). The number of sulfone groups is 1. The van der Waals surface area contributed by atoms with Gasteiger partial charge >= 0.3 is 5.97 Å². The van der Waals surface area contributed by atoms with Crippen molar-refractivity contribution in [2.45, 2.75) is 18.9 Å². The Labute approximate surface area is 115 Å². The molecule has 0 spiro atoms. The summed E-state index contributed by atoms with van der Waals surface area (Å²) in [5, 5.41) is 17.0. The molecule has 7 nitrogen and oxygen atoms in total. The summed E-state index contributed by atoms with van der Waals surface area (Å²) in [6, 6.07) is 4.77. The fourth-order valence-electron chi connectivity index (χ4n) is 2.68. The van der Waals surface area contributed by atoms with E-state index in [2.05, 4.69) is 10.3 Å². The summed E-state index contributed by atoms with van der Waals surface area (Å²) in [4.78, 5) is 11.2. The second-order valence-electron chi connectivity index (χ2n) is 5.32. The van der Waals surface area contributed by atoms with E-state index in [1.165, 1.54) is 6.07 Å². The topological polar surface area (TPSA) is 102 Å². The third-order valence-corrected chi connectivity index (χ3v) is 5.59. The van der Waals surface area contributed by atoms with Crippen molar-refractivity contribution < 1.29 is 18.3 Å². The number of carboxylic acids is 1. The van der Waals surface area contributed by atoms with Crippen molar-refractivity contribution in [1.29, 1.82) is 0 Å². The number of nitrogens with zero attached hydrogens (tertiary/aromatic N) is 3. The SMILES string of the molecule is CC1(n2nnc3c(C(=O)O)cccc32)CCS(=O)(=O)C1. The normalized spacial score (nSPS) is 25.1. The van der Waals surface area contributed by atoms with E-state index in [0.717, 1.165) is 0 Å². The van der Waals surface area contributed by atoms with Crippen LogP contribution in [0.15, 0.2) is 18.2 Å². The lowest BCUT2D eigenvalue weighted by Gasteiger charge is -2.22. The van der Waals surface area contributed by atoms with Crippen LogP contribution in [0.1, 0.15) is 23.7 Å². The van der Waals surface area contributed by atoms with Crippen LogP contribution in [-0.4, -0.2) is 46.0 Å². The van der Waals surface area contributed by atoms with Gasteiger partial charge in [0.2, 0.25) is 0 Å². The van der Waals surface area contributed by atoms with Crippen LogP contribution in [0.2, 0.25) is 0 Å². The summed E-state index contributed by atoms with van der Waals surface area (Å²) in [5.74, 6) is -0.967. The molecule has 8 heteroatoms. The van der Waals surface area contributed by atoms with E-state index >= 15 is 0 Å². The molecule has 0 aliphatic carbocycles. The Morgan fingerprint density at radius 1 is 1.45 bits per heavy atom. The number of hydrogen-bond acceptors (Lipinski definition) is 5. The first-order valence-electron chi connectivity index (χ1n) is 6.11. The lowest BCUT2D eigenvalue weighted by Crippen LogP contribution is -2.32. The summed E-state index contributed by atoms with van der Waals surface area (Å²) in [5.41, 5.74) is 0.221. The fraction of sp³-hybridized carbons (Fsp3) is 0.417. The summed E-state index contributed by atoms with van der Waals surface area (Å²) in [7, 11) is -3.08. The number of hydrogen-bond donors (Lipinski definition) is 1. The first-order valence-corrected chi connectivity index (χ1v) is 7.93. The standard InChI is InChI=1S/C12H13N3O4S/c1-12(5-6-20(18,19)7-12)15-9-4-2-3-8(11(16)17)10(9)13-14-15/h2-4H,5-7H2,1H3,(H,16,17). The molecule has 1 unspecified atom stereocenters. The Kier molecular flexibility index (Phi) is 2.62. The van der Waals surface area contributed by atoms with Gasteiger partial charge in [-0.3, -0.25) is 0 Å². The lowest BCUT2D eigenvalue weighted by atomic mass is 10.0. The van der Waals surface area contributed by atoms with Crippen LogP contribution < -0.4 is 0 Å². The van der Waals surface area contributed by atoms with E-state index < -0.39 is 21.3 Å². The molecule has 2 heterocycles. The molecular formula is C12H13N3O4S. The monoisotopic (exact) mass is 295 g/mol. The zero-order valence-corrected chi connectivity index (χ0v) is 11.6. The molecule has 1 saturated heterocycles. The zero-order valence-electron chi connectivity index (χ0n) is 10.8. The number of carbonyl (C=O) groups is 1. The van der Waals surface area contributed by atoms with E-state index in [0.29, 0.717) is 11.9 Å². The molecule has 1 atom stereocenters. The maximum absolute atomic E-state index is 11.7. The molecular weight excluding hydrogens is 282 g/mol. The third kappa shape index (κ3) is 1.87. The minimum Gasteiger partial charge on any atom is -0.478 e. The Morgan fingerprint density at radius 2 is 2.20 bits per heavy atom. The smallest absolute Gasteiger partial charge is 0.338 e. The zero-order chi connectivity index (χ0) is 14.5.